The lowest BCUT2D eigenvalue weighted by Gasteiger charge is -1.96. The lowest BCUT2D eigenvalue weighted by atomic mass is 10.2. The van der Waals surface area contributed by atoms with Crippen LogP contribution >= 0.6 is 11.3 Å². The van der Waals surface area contributed by atoms with Gasteiger partial charge >= 0.3 is 0 Å². The Morgan fingerprint density at radius 1 is 1.29 bits per heavy atom. The molecule has 1 heterocycles. The highest BCUT2D eigenvalue weighted by atomic mass is 32.1. The average Bonchev–Trinajstić information content (AvgIpc) is 2.56. The molecule has 1 aromatic carbocycles. The second kappa shape index (κ2) is 3.75. The van der Waals surface area contributed by atoms with Gasteiger partial charge in [-0.1, -0.05) is 12.1 Å². The fourth-order valence-electron chi connectivity index (χ4n) is 1.18. The molecule has 0 atom stereocenters. The van der Waals surface area contributed by atoms with Crippen molar-refractivity contribution in [2.75, 3.05) is 5.73 Å². The van der Waals surface area contributed by atoms with Crippen LogP contribution in [0.4, 0.5) is 9.39 Å². The lowest BCUT2D eigenvalue weighted by Crippen LogP contribution is -1.86. The number of nitrogen functional groups attached to an aromatic ring is 1. The predicted molar refractivity (Wildman–Crippen MR) is 55.7 cm³/mol. The molecule has 14 heavy (non-hydrogen) atoms. The van der Waals surface area contributed by atoms with Gasteiger partial charge in [-0.2, -0.15) is 0 Å². The number of aromatic nitrogens is 1. The number of benzene rings is 1. The number of halogens is 1. The molecule has 0 amide bonds. The molecule has 0 fully saturated rings. The molecule has 1 aromatic heterocycles. The maximum atomic E-state index is 12.6. The first-order chi connectivity index (χ1) is 6.74. The molecular weight excluding hydrogens is 199 g/mol. The number of rotatable bonds is 2. The summed E-state index contributed by atoms with van der Waals surface area (Å²) in [6, 6.07) is 6.42. The molecule has 0 saturated heterocycles. The van der Waals surface area contributed by atoms with Gasteiger partial charge in [0.05, 0.1) is 11.2 Å². The van der Waals surface area contributed by atoms with Gasteiger partial charge in [-0.25, -0.2) is 9.37 Å². The van der Waals surface area contributed by atoms with Crippen LogP contribution < -0.4 is 5.73 Å². The van der Waals surface area contributed by atoms with Gasteiger partial charge in [0.15, 0.2) is 0 Å². The number of nitrogens with two attached hydrogens (primary N) is 1. The molecule has 0 radical (unpaired) electrons. The van der Waals surface area contributed by atoms with E-state index < -0.39 is 0 Å². The predicted octanol–water partition coefficient (Wildman–Crippen LogP) is 2.46. The normalized spacial score (nSPS) is 10.4. The van der Waals surface area contributed by atoms with E-state index in [0.717, 1.165) is 10.6 Å². The van der Waals surface area contributed by atoms with E-state index in [-0.39, 0.29) is 5.82 Å². The smallest absolute Gasteiger partial charge is 0.123 e. The fraction of sp³-hybridized carbons (Fsp3) is 0.100. The van der Waals surface area contributed by atoms with Crippen molar-refractivity contribution in [2.24, 2.45) is 0 Å². The first-order valence-electron chi connectivity index (χ1n) is 4.18. The third kappa shape index (κ3) is 2.09. The van der Waals surface area contributed by atoms with E-state index in [0.29, 0.717) is 11.4 Å². The first-order valence-corrected chi connectivity index (χ1v) is 5.00. The van der Waals surface area contributed by atoms with Gasteiger partial charge < -0.3 is 5.73 Å². The zero-order valence-electron chi connectivity index (χ0n) is 7.40. The van der Waals surface area contributed by atoms with Crippen LogP contribution in [0.5, 0.6) is 0 Å². The van der Waals surface area contributed by atoms with E-state index in [2.05, 4.69) is 4.98 Å². The van der Waals surface area contributed by atoms with Crippen LogP contribution in [0.15, 0.2) is 30.5 Å². The lowest BCUT2D eigenvalue weighted by molar-refractivity contribution is 0.627. The van der Waals surface area contributed by atoms with Crippen LogP contribution in [0.25, 0.3) is 0 Å². The monoisotopic (exact) mass is 208 g/mol. The third-order valence-electron chi connectivity index (χ3n) is 1.84. The number of nitrogens with zero attached hydrogens (tertiary/aromatic N) is 1. The van der Waals surface area contributed by atoms with Crippen molar-refractivity contribution in [3.05, 3.63) is 46.9 Å². The Morgan fingerprint density at radius 2 is 2.00 bits per heavy atom. The Hall–Kier alpha value is -1.42. The summed E-state index contributed by atoms with van der Waals surface area (Å²) >= 11 is 1.46. The van der Waals surface area contributed by atoms with Crippen molar-refractivity contribution < 1.29 is 4.39 Å². The van der Waals surface area contributed by atoms with Crippen LogP contribution in [0, 0.1) is 5.82 Å². The maximum Gasteiger partial charge on any atom is 0.123 e. The molecular formula is C10H9FN2S. The Balaban J connectivity index is 2.15. The van der Waals surface area contributed by atoms with Crippen molar-refractivity contribution >= 4 is 16.3 Å². The molecule has 0 unspecified atom stereocenters. The average molecular weight is 208 g/mol. The Bertz CT molecular complexity index is 422. The topological polar surface area (TPSA) is 38.9 Å². The van der Waals surface area contributed by atoms with Crippen LogP contribution in [0.1, 0.15) is 10.6 Å². The molecule has 0 saturated carbocycles. The minimum atomic E-state index is -0.215. The van der Waals surface area contributed by atoms with Crippen molar-refractivity contribution in [1.82, 2.24) is 4.98 Å². The van der Waals surface area contributed by atoms with Gasteiger partial charge in [0.25, 0.3) is 0 Å². The standard InChI is InChI=1S/C10H9FN2S/c11-8-3-1-7(2-4-8)5-10-13-6-9(12)14-10/h1-4,6H,5,12H2. The molecule has 2 rings (SSSR count). The van der Waals surface area contributed by atoms with Gasteiger partial charge in [-0.15, -0.1) is 11.3 Å². The zero-order valence-corrected chi connectivity index (χ0v) is 8.22. The summed E-state index contributed by atoms with van der Waals surface area (Å²) in [4.78, 5) is 4.13. The number of hydrogen-bond acceptors (Lipinski definition) is 3. The molecule has 2 nitrogen and oxygen atoms in total. The molecule has 0 spiro atoms. The van der Waals surface area contributed by atoms with Gasteiger partial charge in [0.2, 0.25) is 0 Å². The summed E-state index contributed by atoms with van der Waals surface area (Å²) in [5.41, 5.74) is 6.59. The molecule has 0 aliphatic heterocycles. The van der Waals surface area contributed by atoms with Gasteiger partial charge in [0, 0.05) is 6.42 Å². The molecule has 0 aliphatic rings. The zero-order chi connectivity index (χ0) is 9.97. The Kier molecular flexibility index (Phi) is 2.45. The Morgan fingerprint density at radius 3 is 2.57 bits per heavy atom. The number of hydrogen-bond donors (Lipinski definition) is 1. The van der Waals surface area contributed by atoms with Gasteiger partial charge in [0.1, 0.15) is 10.8 Å². The van der Waals surface area contributed by atoms with E-state index >= 15 is 0 Å². The first kappa shape index (κ1) is 9.15. The number of thiazole rings is 1. The van der Waals surface area contributed by atoms with Crippen LogP contribution in [-0.4, -0.2) is 4.98 Å². The van der Waals surface area contributed by atoms with Crippen LogP contribution in [0.2, 0.25) is 0 Å². The number of anilines is 1. The summed E-state index contributed by atoms with van der Waals surface area (Å²) in [6.07, 6.45) is 2.35. The SMILES string of the molecule is Nc1cnc(Cc2ccc(F)cc2)s1. The third-order valence-corrected chi connectivity index (χ3v) is 2.67. The highest BCUT2D eigenvalue weighted by Crippen LogP contribution is 2.18. The molecule has 0 bridgehead atoms. The van der Waals surface area contributed by atoms with Crippen molar-refractivity contribution in [2.45, 2.75) is 6.42 Å². The minimum Gasteiger partial charge on any atom is -0.389 e. The highest BCUT2D eigenvalue weighted by molar-refractivity contribution is 7.15. The largest absolute Gasteiger partial charge is 0.389 e. The van der Waals surface area contributed by atoms with Crippen molar-refractivity contribution in [3.63, 3.8) is 0 Å². The second-order valence-corrected chi connectivity index (χ2v) is 4.11. The maximum absolute atomic E-state index is 12.6. The summed E-state index contributed by atoms with van der Waals surface area (Å²) in [7, 11) is 0. The fourth-order valence-corrected chi connectivity index (χ4v) is 1.90. The van der Waals surface area contributed by atoms with Crippen molar-refractivity contribution in [1.29, 1.82) is 0 Å². The quantitative estimate of drug-likeness (QED) is 0.823. The van der Waals surface area contributed by atoms with Crippen LogP contribution in [0.3, 0.4) is 0 Å². The Labute approximate surface area is 85.2 Å². The summed E-state index contributed by atoms with van der Waals surface area (Å²) in [6.45, 7) is 0. The van der Waals surface area contributed by atoms with Gasteiger partial charge in [-0.05, 0) is 17.7 Å². The van der Waals surface area contributed by atoms with E-state index in [1.54, 1.807) is 18.3 Å². The van der Waals surface area contributed by atoms with E-state index in [1.807, 2.05) is 0 Å². The van der Waals surface area contributed by atoms with Crippen molar-refractivity contribution in [3.8, 4) is 0 Å². The highest BCUT2D eigenvalue weighted by Gasteiger charge is 2.00. The summed E-state index contributed by atoms with van der Waals surface area (Å²) in [5.74, 6) is -0.215. The second-order valence-electron chi connectivity index (χ2n) is 2.96. The summed E-state index contributed by atoms with van der Waals surface area (Å²) < 4.78 is 12.6. The molecule has 0 aliphatic carbocycles. The van der Waals surface area contributed by atoms with Gasteiger partial charge in [-0.3, -0.25) is 0 Å². The minimum absolute atomic E-state index is 0.215. The van der Waals surface area contributed by atoms with E-state index in [4.69, 9.17) is 5.73 Å². The summed E-state index contributed by atoms with van der Waals surface area (Å²) in [5, 5.41) is 1.66. The molecule has 72 valence electrons. The van der Waals surface area contributed by atoms with E-state index in [1.165, 1.54) is 23.5 Å². The van der Waals surface area contributed by atoms with E-state index in [9.17, 15) is 4.39 Å². The molecule has 2 N–H and O–H groups in total. The molecule has 4 heteroatoms. The van der Waals surface area contributed by atoms with Crippen LogP contribution in [-0.2, 0) is 6.42 Å². The molecule has 2 aromatic rings.